The van der Waals surface area contributed by atoms with Crippen molar-refractivity contribution in [1.82, 2.24) is 0 Å². The molecule has 2 aromatic rings. The van der Waals surface area contributed by atoms with Crippen LogP contribution in [0.25, 0.3) is 11.1 Å². The van der Waals surface area contributed by atoms with Crippen LogP contribution in [-0.2, 0) is 6.42 Å². The highest BCUT2D eigenvalue weighted by Gasteiger charge is 2.20. The number of hydrogen-bond acceptors (Lipinski definition) is 0. The Balaban J connectivity index is 0.000000696. The lowest BCUT2D eigenvalue weighted by Gasteiger charge is -2.07. The molecule has 0 aliphatic rings. The van der Waals surface area contributed by atoms with E-state index in [0.717, 1.165) is 0 Å². The van der Waals surface area contributed by atoms with Crippen molar-refractivity contribution in [2.75, 3.05) is 0 Å². The summed E-state index contributed by atoms with van der Waals surface area (Å²) >= 11 is 2.42. The minimum atomic E-state index is -6.00. The zero-order chi connectivity index (χ0) is 20.8. The standard InChI is InChI=1S/C22H29I.BF4/c1-2-3-4-5-6-7-8-9-12-19-15-17-20(18-16-19)21-13-10-11-14-22(21)23;2-1(3,4)5/h10-11,13-18H,2-9,12H2,1H3;/q;-1. The van der Waals surface area contributed by atoms with Gasteiger partial charge in [0.25, 0.3) is 0 Å². The molecular weight excluding hydrogens is 478 g/mol. The van der Waals surface area contributed by atoms with Crippen LogP contribution in [0, 0.1) is 3.57 Å². The first-order valence-electron chi connectivity index (χ1n) is 10.0. The molecule has 0 N–H and O–H groups in total. The van der Waals surface area contributed by atoms with Crippen molar-refractivity contribution in [3.8, 4) is 11.1 Å². The van der Waals surface area contributed by atoms with E-state index in [4.69, 9.17) is 0 Å². The third-order valence-corrected chi connectivity index (χ3v) is 5.40. The van der Waals surface area contributed by atoms with Crippen molar-refractivity contribution in [2.45, 2.75) is 64.7 Å². The SMILES string of the molecule is CCCCCCCCCCc1ccc(-c2ccccc2I)cc1.F[B-](F)(F)F. The molecule has 0 nitrogen and oxygen atoms in total. The van der Waals surface area contributed by atoms with E-state index in [1.165, 1.54) is 78.0 Å². The van der Waals surface area contributed by atoms with Gasteiger partial charge in [-0.05, 0) is 58.2 Å². The van der Waals surface area contributed by atoms with Crippen molar-refractivity contribution in [3.63, 3.8) is 0 Å². The van der Waals surface area contributed by atoms with Crippen molar-refractivity contribution in [1.29, 1.82) is 0 Å². The Labute approximate surface area is 180 Å². The van der Waals surface area contributed by atoms with Crippen LogP contribution in [0.5, 0.6) is 0 Å². The van der Waals surface area contributed by atoms with Gasteiger partial charge in [0.1, 0.15) is 0 Å². The molecule has 0 saturated carbocycles. The Morgan fingerprint density at radius 3 is 1.75 bits per heavy atom. The van der Waals surface area contributed by atoms with Gasteiger partial charge in [-0.3, -0.25) is 0 Å². The summed E-state index contributed by atoms with van der Waals surface area (Å²) in [5.41, 5.74) is 4.15. The summed E-state index contributed by atoms with van der Waals surface area (Å²) < 4.78 is 40.3. The fraction of sp³-hybridized carbons (Fsp3) is 0.455. The van der Waals surface area contributed by atoms with Gasteiger partial charge in [-0.1, -0.05) is 94.3 Å². The molecule has 156 valence electrons. The van der Waals surface area contributed by atoms with Crippen molar-refractivity contribution >= 4 is 29.8 Å². The van der Waals surface area contributed by atoms with Gasteiger partial charge in [-0.25, -0.2) is 0 Å². The predicted octanol–water partition coefficient (Wildman–Crippen LogP) is 8.94. The van der Waals surface area contributed by atoms with Crippen LogP contribution in [0.15, 0.2) is 48.5 Å². The summed E-state index contributed by atoms with van der Waals surface area (Å²) in [6.07, 6.45) is 12.4. The van der Waals surface area contributed by atoms with Crippen LogP contribution in [0.1, 0.15) is 63.9 Å². The van der Waals surface area contributed by atoms with E-state index in [1.54, 1.807) is 0 Å². The van der Waals surface area contributed by atoms with E-state index in [9.17, 15) is 17.3 Å². The molecule has 0 radical (unpaired) electrons. The fourth-order valence-corrected chi connectivity index (χ4v) is 3.71. The van der Waals surface area contributed by atoms with E-state index in [-0.39, 0.29) is 0 Å². The molecule has 0 aromatic heterocycles. The summed E-state index contributed by atoms with van der Waals surface area (Å²) in [5.74, 6) is 0. The zero-order valence-electron chi connectivity index (χ0n) is 16.4. The summed E-state index contributed by atoms with van der Waals surface area (Å²) in [6, 6.07) is 17.8. The Morgan fingerprint density at radius 2 is 1.21 bits per heavy atom. The van der Waals surface area contributed by atoms with Gasteiger partial charge in [0.2, 0.25) is 0 Å². The van der Waals surface area contributed by atoms with Gasteiger partial charge in [0.05, 0.1) is 0 Å². The maximum absolute atomic E-state index is 9.75. The second-order valence-electron chi connectivity index (χ2n) is 6.90. The molecule has 2 rings (SSSR count). The monoisotopic (exact) mass is 507 g/mol. The van der Waals surface area contributed by atoms with Gasteiger partial charge in [0, 0.05) is 3.57 Å². The van der Waals surface area contributed by atoms with Crippen LogP contribution in [0.2, 0.25) is 0 Å². The Bertz CT molecular complexity index is 650. The average molecular weight is 507 g/mol. The Morgan fingerprint density at radius 1 is 0.714 bits per heavy atom. The molecule has 0 fully saturated rings. The molecule has 6 heteroatoms. The summed E-state index contributed by atoms with van der Waals surface area (Å²) in [5, 5.41) is 0. The fourth-order valence-electron chi connectivity index (χ4n) is 3.01. The first-order valence-corrected chi connectivity index (χ1v) is 11.1. The number of rotatable bonds is 10. The highest BCUT2D eigenvalue weighted by molar-refractivity contribution is 14.1. The Hall–Kier alpha value is -1.05. The molecule has 0 amide bonds. The molecule has 0 aliphatic heterocycles. The molecular formula is C22H29BF4I-. The molecule has 0 atom stereocenters. The summed E-state index contributed by atoms with van der Waals surface area (Å²) in [7, 11) is -6.00. The topological polar surface area (TPSA) is 0 Å². The van der Waals surface area contributed by atoms with E-state index in [0.29, 0.717) is 0 Å². The second kappa shape index (κ2) is 14.0. The third-order valence-electron chi connectivity index (χ3n) is 4.46. The van der Waals surface area contributed by atoms with Crippen LogP contribution < -0.4 is 0 Å². The van der Waals surface area contributed by atoms with Crippen molar-refractivity contribution in [2.24, 2.45) is 0 Å². The quantitative estimate of drug-likeness (QED) is 0.130. The number of hydrogen-bond donors (Lipinski definition) is 0. The Kier molecular flexibility index (Phi) is 12.5. The smallest absolute Gasteiger partial charge is 0.418 e. The van der Waals surface area contributed by atoms with Gasteiger partial charge in [-0.2, -0.15) is 0 Å². The van der Waals surface area contributed by atoms with Gasteiger partial charge < -0.3 is 17.3 Å². The minimum absolute atomic E-state index is 1.22. The second-order valence-corrected chi connectivity index (χ2v) is 8.06. The van der Waals surface area contributed by atoms with E-state index < -0.39 is 7.25 Å². The number of benzene rings is 2. The molecule has 0 heterocycles. The van der Waals surface area contributed by atoms with Crippen LogP contribution in [-0.4, -0.2) is 7.25 Å². The van der Waals surface area contributed by atoms with Gasteiger partial charge in [-0.15, -0.1) is 0 Å². The van der Waals surface area contributed by atoms with E-state index in [2.05, 4.69) is 78.0 Å². The molecule has 28 heavy (non-hydrogen) atoms. The first kappa shape index (κ1) is 25.0. The van der Waals surface area contributed by atoms with E-state index in [1.807, 2.05) is 0 Å². The first-order chi connectivity index (χ1) is 13.3. The molecule has 0 unspecified atom stereocenters. The van der Waals surface area contributed by atoms with Crippen LogP contribution in [0.4, 0.5) is 17.3 Å². The summed E-state index contributed by atoms with van der Waals surface area (Å²) in [4.78, 5) is 0. The summed E-state index contributed by atoms with van der Waals surface area (Å²) in [6.45, 7) is 2.28. The highest BCUT2D eigenvalue weighted by Crippen LogP contribution is 2.25. The van der Waals surface area contributed by atoms with Crippen LogP contribution >= 0.6 is 22.6 Å². The van der Waals surface area contributed by atoms with Crippen LogP contribution in [0.3, 0.4) is 0 Å². The van der Waals surface area contributed by atoms with Gasteiger partial charge >= 0.3 is 7.25 Å². The molecule has 0 saturated heterocycles. The number of halogens is 5. The predicted molar refractivity (Wildman–Crippen MR) is 121 cm³/mol. The van der Waals surface area contributed by atoms with E-state index >= 15 is 0 Å². The molecule has 2 aromatic carbocycles. The maximum Gasteiger partial charge on any atom is 0.673 e. The lowest BCUT2D eigenvalue weighted by atomic mass is 10.0. The maximum atomic E-state index is 9.75. The minimum Gasteiger partial charge on any atom is -0.418 e. The number of aryl methyl sites for hydroxylation is 1. The zero-order valence-corrected chi connectivity index (χ0v) is 18.6. The molecule has 0 spiro atoms. The van der Waals surface area contributed by atoms with Gasteiger partial charge in [0.15, 0.2) is 0 Å². The lowest BCUT2D eigenvalue weighted by molar-refractivity contribution is 0.368. The molecule has 0 bridgehead atoms. The molecule has 0 aliphatic carbocycles. The highest BCUT2D eigenvalue weighted by atomic mass is 127. The number of unbranched alkanes of at least 4 members (excludes halogenated alkanes) is 7. The normalized spacial score (nSPS) is 11.1. The lowest BCUT2D eigenvalue weighted by Crippen LogP contribution is -2.02. The van der Waals surface area contributed by atoms with Crippen molar-refractivity contribution in [3.05, 3.63) is 57.7 Å². The van der Waals surface area contributed by atoms with Crippen molar-refractivity contribution < 1.29 is 17.3 Å². The average Bonchev–Trinajstić information content (AvgIpc) is 2.64. The largest absolute Gasteiger partial charge is 0.673 e. The third kappa shape index (κ3) is 12.4.